The summed E-state index contributed by atoms with van der Waals surface area (Å²) < 4.78 is 1.94. The van der Waals surface area contributed by atoms with Crippen LogP contribution in [0, 0.1) is 6.92 Å². The maximum absolute atomic E-state index is 4.02. The third-order valence-corrected chi connectivity index (χ3v) is 2.58. The van der Waals surface area contributed by atoms with Crippen LogP contribution in [0.2, 0.25) is 0 Å². The first-order valence-corrected chi connectivity index (χ1v) is 5.30. The first-order valence-electron chi connectivity index (χ1n) is 5.30. The molecule has 0 saturated carbocycles. The molecule has 0 amide bonds. The molecule has 0 spiro atoms. The fourth-order valence-electron chi connectivity index (χ4n) is 1.51. The number of aromatic nitrogens is 5. The minimum atomic E-state index is 0.834. The molecule has 2 heterocycles. The van der Waals surface area contributed by atoms with Gasteiger partial charge in [0.15, 0.2) is 0 Å². The zero-order valence-electron chi connectivity index (χ0n) is 9.56. The molecule has 6 heteroatoms. The molecule has 2 aromatic rings. The summed E-state index contributed by atoms with van der Waals surface area (Å²) >= 11 is 0. The lowest BCUT2D eigenvalue weighted by atomic mass is 10.2. The Balaban J connectivity index is 1.74. The van der Waals surface area contributed by atoms with Gasteiger partial charge in [-0.2, -0.15) is 5.10 Å². The molecule has 2 rings (SSSR count). The molecule has 0 bridgehead atoms. The lowest BCUT2D eigenvalue weighted by Gasteiger charge is -2.03. The molecule has 2 aromatic heterocycles. The van der Waals surface area contributed by atoms with Crippen molar-refractivity contribution in [1.82, 2.24) is 30.3 Å². The Hall–Kier alpha value is -1.69. The number of aryl methyl sites for hydroxylation is 2. The number of hydrogen-bond acceptors (Lipinski definition) is 4. The third kappa shape index (κ3) is 2.46. The lowest BCUT2D eigenvalue weighted by molar-refractivity contribution is 0.652. The normalized spacial score (nSPS) is 10.9. The molecular weight excluding hydrogens is 204 g/mol. The fourth-order valence-corrected chi connectivity index (χ4v) is 1.51. The molecule has 0 aliphatic heterocycles. The standard InChI is InChI=1S/C10H16N6/c1-8-9(6-12-14-8)5-11-4-3-10-15-13-7-16(10)2/h6-7,11H,3-5H2,1-2H3,(H,12,14). The summed E-state index contributed by atoms with van der Waals surface area (Å²) in [6, 6.07) is 0. The molecule has 6 nitrogen and oxygen atoms in total. The Kier molecular flexibility index (Phi) is 3.31. The van der Waals surface area contributed by atoms with E-state index in [4.69, 9.17) is 0 Å². The number of nitrogens with zero attached hydrogens (tertiary/aromatic N) is 4. The van der Waals surface area contributed by atoms with E-state index in [1.807, 2.05) is 24.7 Å². The molecule has 16 heavy (non-hydrogen) atoms. The first-order chi connectivity index (χ1) is 7.77. The number of nitrogens with one attached hydrogen (secondary N) is 2. The Bertz CT molecular complexity index is 401. The van der Waals surface area contributed by atoms with Gasteiger partial charge in [0, 0.05) is 37.8 Å². The smallest absolute Gasteiger partial charge is 0.133 e. The van der Waals surface area contributed by atoms with Gasteiger partial charge in [0.25, 0.3) is 0 Å². The van der Waals surface area contributed by atoms with Crippen LogP contribution in [0.25, 0.3) is 0 Å². The van der Waals surface area contributed by atoms with Gasteiger partial charge in [0.05, 0.1) is 6.20 Å². The summed E-state index contributed by atoms with van der Waals surface area (Å²) in [7, 11) is 1.95. The zero-order chi connectivity index (χ0) is 11.4. The van der Waals surface area contributed by atoms with Crippen molar-refractivity contribution in [3.63, 3.8) is 0 Å². The molecule has 0 saturated heterocycles. The van der Waals surface area contributed by atoms with E-state index in [-0.39, 0.29) is 0 Å². The van der Waals surface area contributed by atoms with Crippen LogP contribution in [0.1, 0.15) is 17.1 Å². The van der Waals surface area contributed by atoms with Crippen molar-refractivity contribution in [3.05, 3.63) is 29.6 Å². The van der Waals surface area contributed by atoms with Crippen molar-refractivity contribution in [3.8, 4) is 0 Å². The quantitative estimate of drug-likeness (QED) is 0.705. The molecule has 0 aliphatic rings. The number of aromatic amines is 1. The van der Waals surface area contributed by atoms with E-state index in [1.165, 1.54) is 5.56 Å². The molecule has 2 N–H and O–H groups in total. The van der Waals surface area contributed by atoms with Crippen molar-refractivity contribution >= 4 is 0 Å². The second-order valence-electron chi connectivity index (χ2n) is 3.81. The van der Waals surface area contributed by atoms with Crippen molar-refractivity contribution in [2.24, 2.45) is 7.05 Å². The van der Waals surface area contributed by atoms with Gasteiger partial charge in [-0.1, -0.05) is 0 Å². The molecule has 86 valence electrons. The molecule has 0 atom stereocenters. The summed E-state index contributed by atoms with van der Waals surface area (Å²) in [6.07, 6.45) is 4.45. The minimum Gasteiger partial charge on any atom is -0.321 e. The van der Waals surface area contributed by atoms with Crippen molar-refractivity contribution in [2.75, 3.05) is 6.54 Å². The highest BCUT2D eigenvalue weighted by atomic mass is 15.2. The predicted molar refractivity (Wildman–Crippen MR) is 59.7 cm³/mol. The van der Waals surface area contributed by atoms with Crippen LogP contribution in [0.5, 0.6) is 0 Å². The first kappa shape index (κ1) is 10.8. The second-order valence-corrected chi connectivity index (χ2v) is 3.81. The lowest BCUT2D eigenvalue weighted by Crippen LogP contribution is -2.18. The van der Waals surface area contributed by atoms with E-state index in [2.05, 4.69) is 25.7 Å². The van der Waals surface area contributed by atoms with Gasteiger partial charge in [-0.15, -0.1) is 10.2 Å². The summed E-state index contributed by atoms with van der Waals surface area (Å²) in [5.74, 6) is 0.997. The van der Waals surface area contributed by atoms with Gasteiger partial charge in [-0.25, -0.2) is 0 Å². The highest BCUT2D eigenvalue weighted by Crippen LogP contribution is 2.01. The zero-order valence-corrected chi connectivity index (χ0v) is 9.56. The highest BCUT2D eigenvalue weighted by Gasteiger charge is 2.01. The second kappa shape index (κ2) is 4.89. The van der Waals surface area contributed by atoms with E-state index in [1.54, 1.807) is 6.33 Å². The maximum atomic E-state index is 4.02. The van der Waals surface area contributed by atoms with Gasteiger partial charge in [0.2, 0.25) is 0 Å². The maximum Gasteiger partial charge on any atom is 0.133 e. The van der Waals surface area contributed by atoms with Crippen LogP contribution in [0.15, 0.2) is 12.5 Å². The van der Waals surface area contributed by atoms with Gasteiger partial charge in [0.1, 0.15) is 12.2 Å². The van der Waals surface area contributed by atoms with Gasteiger partial charge >= 0.3 is 0 Å². The van der Waals surface area contributed by atoms with Gasteiger partial charge in [-0.3, -0.25) is 5.10 Å². The monoisotopic (exact) mass is 220 g/mol. The summed E-state index contributed by atoms with van der Waals surface area (Å²) in [6.45, 7) is 3.74. The Morgan fingerprint density at radius 3 is 3.00 bits per heavy atom. The van der Waals surface area contributed by atoms with Crippen LogP contribution in [-0.4, -0.2) is 31.5 Å². The summed E-state index contributed by atoms with van der Waals surface area (Å²) in [5.41, 5.74) is 2.32. The highest BCUT2D eigenvalue weighted by molar-refractivity contribution is 5.13. The van der Waals surface area contributed by atoms with Crippen LogP contribution in [0.4, 0.5) is 0 Å². The third-order valence-electron chi connectivity index (χ3n) is 2.58. The van der Waals surface area contributed by atoms with Crippen molar-refractivity contribution in [2.45, 2.75) is 19.9 Å². The van der Waals surface area contributed by atoms with E-state index in [9.17, 15) is 0 Å². The van der Waals surface area contributed by atoms with E-state index in [0.29, 0.717) is 0 Å². The van der Waals surface area contributed by atoms with Crippen molar-refractivity contribution < 1.29 is 0 Å². The predicted octanol–water partition coefficient (Wildman–Crippen LogP) is 0.179. The Labute approximate surface area is 94.1 Å². The van der Waals surface area contributed by atoms with E-state index < -0.39 is 0 Å². The van der Waals surface area contributed by atoms with E-state index in [0.717, 1.165) is 31.0 Å². The van der Waals surface area contributed by atoms with Crippen LogP contribution >= 0.6 is 0 Å². The SMILES string of the molecule is Cc1[nH]ncc1CNCCc1nncn1C. The molecule has 0 unspecified atom stereocenters. The molecule has 0 radical (unpaired) electrons. The summed E-state index contributed by atoms with van der Waals surface area (Å²) in [4.78, 5) is 0. The average molecular weight is 220 g/mol. The van der Waals surface area contributed by atoms with Crippen LogP contribution in [0.3, 0.4) is 0 Å². The van der Waals surface area contributed by atoms with Gasteiger partial charge < -0.3 is 9.88 Å². The number of hydrogen-bond donors (Lipinski definition) is 2. The number of H-pyrrole nitrogens is 1. The summed E-state index contributed by atoms with van der Waals surface area (Å²) in [5, 5.41) is 18.1. The van der Waals surface area contributed by atoms with Gasteiger partial charge in [-0.05, 0) is 6.92 Å². The average Bonchev–Trinajstić information content (AvgIpc) is 2.84. The molecule has 0 fully saturated rings. The van der Waals surface area contributed by atoms with Crippen molar-refractivity contribution in [1.29, 1.82) is 0 Å². The Morgan fingerprint density at radius 1 is 1.50 bits per heavy atom. The Morgan fingerprint density at radius 2 is 2.38 bits per heavy atom. The largest absolute Gasteiger partial charge is 0.321 e. The van der Waals surface area contributed by atoms with Crippen LogP contribution < -0.4 is 5.32 Å². The topological polar surface area (TPSA) is 71.4 Å². The van der Waals surface area contributed by atoms with Crippen LogP contribution in [-0.2, 0) is 20.0 Å². The number of rotatable bonds is 5. The molecule has 0 aliphatic carbocycles. The molecule has 0 aromatic carbocycles. The van der Waals surface area contributed by atoms with E-state index >= 15 is 0 Å². The molecular formula is C10H16N6. The fraction of sp³-hybridized carbons (Fsp3) is 0.500. The minimum absolute atomic E-state index is 0.834.